The molecule has 0 atom stereocenters. The molecule has 0 spiro atoms. The zero-order valence-electron chi connectivity index (χ0n) is 4.76. The summed E-state index contributed by atoms with van der Waals surface area (Å²) in [6.07, 6.45) is 0. The third-order valence-electron chi connectivity index (χ3n) is 1.01. The fraction of sp³-hybridized carbons (Fsp3) is 0.143. The van der Waals surface area contributed by atoms with E-state index < -0.39 is 0 Å². The van der Waals surface area contributed by atoms with Gasteiger partial charge < -0.3 is 5.11 Å². The first-order valence-corrected chi connectivity index (χ1v) is 2.97. The lowest BCUT2D eigenvalue weighted by Gasteiger charge is -1.92. The van der Waals surface area contributed by atoms with Crippen molar-refractivity contribution in [2.75, 3.05) is 0 Å². The van der Waals surface area contributed by atoms with Crippen LogP contribution in [0.3, 0.4) is 0 Å². The van der Waals surface area contributed by atoms with Crippen LogP contribution in [0.25, 0.3) is 0 Å². The lowest BCUT2D eigenvalue weighted by atomic mass is 10.2. The van der Waals surface area contributed by atoms with Crippen LogP contribution >= 0.6 is 11.6 Å². The zero-order chi connectivity index (χ0) is 6.69. The van der Waals surface area contributed by atoms with Gasteiger partial charge in [-0.1, -0.05) is 23.7 Å². The van der Waals surface area contributed by atoms with E-state index in [0.717, 1.165) is 5.56 Å². The molecule has 1 nitrogen and oxygen atoms in total. The summed E-state index contributed by atoms with van der Waals surface area (Å²) in [6, 6.07) is 7.90. The number of aliphatic hydroxyl groups excluding tert-OH is 1. The molecule has 1 aromatic carbocycles. The molecule has 1 rings (SSSR count). The van der Waals surface area contributed by atoms with Crippen molar-refractivity contribution in [3.63, 3.8) is 0 Å². The lowest BCUT2D eigenvalue weighted by Crippen LogP contribution is -1.79. The number of aliphatic hydroxyl groups is 1. The van der Waals surface area contributed by atoms with Gasteiger partial charge in [0.25, 0.3) is 0 Å². The highest BCUT2D eigenvalue weighted by Gasteiger charge is 1.89. The van der Waals surface area contributed by atoms with Crippen molar-refractivity contribution in [2.45, 2.75) is 6.61 Å². The summed E-state index contributed by atoms with van der Waals surface area (Å²) < 4.78 is 0. The zero-order valence-corrected chi connectivity index (χ0v) is 5.52. The van der Waals surface area contributed by atoms with Crippen LogP contribution in [0, 0.1) is 6.07 Å². The van der Waals surface area contributed by atoms with Crippen LogP contribution in [0.5, 0.6) is 0 Å². The summed E-state index contributed by atoms with van der Waals surface area (Å²) >= 11 is 5.56. The molecular weight excluding hydrogens is 136 g/mol. The number of benzene rings is 1. The van der Waals surface area contributed by atoms with Crippen molar-refractivity contribution in [1.82, 2.24) is 0 Å². The summed E-state index contributed by atoms with van der Waals surface area (Å²) in [5, 5.41) is 9.13. The van der Waals surface area contributed by atoms with E-state index in [9.17, 15) is 0 Å². The molecule has 1 radical (unpaired) electrons. The molecule has 0 aromatic heterocycles. The van der Waals surface area contributed by atoms with Gasteiger partial charge in [-0.05, 0) is 11.6 Å². The monoisotopic (exact) mass is 141 g/mol. The Morgan fingerprint density at radius 3 is 2.89 bits per heavy atom. The van der Waals surface area contributed by atoms with E-state index in [4.69, 9.17) is 16.7 Å². The van der Waals surface area contributed by atoms with Gasteiger partial charge in [-0.2, -0.15) is 0 Å². The second-order valence-corrected chi connectivity index (χ2v) is 2.11. The van der Waals surface area contributed by atoms with Crippen LogP contribution in [0.4, 0.5) is 0 Å². The molecule has 0 heterocycles. The minimum absolute atomic E-state index is 0.0361. The maximum atomic E-state index is 8.59. The Balaban J connectivity index is 2.94. The van der Waals surface area contributed by atoms with Gasteiger partial charge in [0.15, 0.2) is 0 Å². The number of hydrogen-bond acceptors (Lipinski definition) is 1. The van der Waals surface area contributed by atoms with Gasteiger partial charge in [0, 0.05) is 11.1 Å². The number of rotatable bonds is 1. The average Bonchev–Trinajstić information content (AvgIpc) is 1.88. The first-order chi connectivity index (χ1) is 4.33. The minimum atomic E-state index is 0.0361. The quantitative estimate of drug-likeness (QED) is 0.631. The molecule has 0 bridgehead atoms. The van der Waals surface area contributed by atoms with Crippen molar-refractivity contribution >= 4 is 11.6 Å². The van der Waals surface area contributed by atoms with Gasteiger partial charge in [-0.25, -0.2) is 0 Å². The fourth-order valence-electron chi connectivity index (χ4n) is 0.579. The van der Waals surface area contributed by atoms with Gasteiger partial charge in [-0.3, -0.25) is 0 Å². The van der Waals surface area contributed by atoms with Crippen LogP contribution < -0.4 is 0 Å². The maximum Gasteiger partial charge on any atom is 0.0682 e. The third-order valence-corrected chi connectivity index (χ3v) is 1.23. The van der Waals surface area contributed by atoms with Crippen molar-refractivity contribution in [2.24, 2.45) is 0 Å². The standard InChI is InChI=1S/C7H6ClO/c8-7-3-1-2-6(4-7)5-9/h1-2,4,9H,5H2. The summed E-state index contributed by atoms with van der Waals surface area (Å²) in [4.78, 5) is 0. The largest absolute Gasteiger partial charge is 0.392 e. The highest BCUT2D eigenvalue weighted by atomic mass is 35.5. The van der Waals surface area contributed by atoms with E-state index in [-0.39, 0.29) is 6.61 Å². The van der Waals surface area contributed by atoms with Crippen LogP contribution in [-0.4, -0.2) is 5.11 Å². The lowest BCUT2D eigenvalue weighted by molar-refractivity contribution is 0.282. The highest BCUT2D eigenvalue weighted by Crippen LogP contribution is 2.08. The topological polar surface area (TPSA) is 20.2 Å². The van der Waals surface area contributed by atoms with Crippen molar-refractivity contribution in [1.29, 1.82) is 0 Å². The molecule has 0 fully saturated rings. The van der Waals surface area contributed by atoms with Gasteiger partial charge in [0.05, 0.1) is 6.61 Å². The summed E-state index contributed by atoms with van der Waals surface area (Å²) in [6.45, 7) is 0.0361. The molecule has 0 amide bonds. The minimum Gasteiger partial charge on any atom is -0.392 e. The van der Waals surface area contributed by atoms with E-state index in [0.29, 0.717) is 5.02 Å². The Morgan fingerprint density at radius 2 is 2.44 bits per heavy atom. The Labute approximate surface area is 58.9 Å². The molecular formula is C7H6ClO. The predicted molar refractivity (Wildman–Crippen MR) is 36.2 cm³/mol. The molecule has 47 valence electrons. The molecule has 0 saturated heterocycles. The SMILES string of the molecule is OCc1cc[c]c(Cl)c1. The Kier molecular flexibility index (Phi) is 2.09. The first-order valence-electron chi connectivity index (χ1n) is 2.60. The van der Waals surface area contributed by atoms with Gasteiger partial charge >= 0.3 is 0 Å². The van der Waals surface area contributed by atoms with Crippen LogP contribution in [0.1, 0.15) is 5.56 Å². The first kappa shape index (κ1) is 6.59. The van der Waals surface area contributed by atoms with E-state index >= 15 is 0 Å². The van der Waals surface area contributed by atoms with E-state index in [1.54, 1.807) is 18.2 Å². The molecule has 0 unspecified atom stereocenters. The number of hydrogen-bond donors (Lipinski definition) is 1. The van der Waals surface area contributed by atoms with Crippen molar-refractivity contribution in [3.8, 4) is 0 Å². The van der Waals surface area contributed by atoms with Gasteiger partial charge in [-0.15, -0.1) is 0 Å². The van der Waals surface area contributed by atoms with Gasteiger partial charge in [0.1, 0.15) is 0 Å². The number of halogens is 1. The molecule has 1 N–H and O–H groups in total. The molecule has 0 aliphatic carbocycles. The smallest absolute Gasteiger partial charge is 0.0682 e. The molecule has 1 aromatic rings. The van der Waals surface area contributed by atoms with Crippen molar-refractivity contribution in [3.05, 3.63) is 34.9 Å². The molecule has 0 saturated carbocycles. The van der Waals surface area contributed by atoms with Gasteiger partial charge in [0.2, 0.25) is 0 Å². The molecule has 0 aliphatic heterocycles. The van der Waals surface area contributed by atoms with Crippen LogP contribution in [0.2, 0.25) is 5.02 Å². The molecule has 9 heavy (non-hydrogen) atoms. The van der Waals surface area contributed by atoms with Crippen LogP contribution in [-0.2, 0) is 6.61 Å². The maximum absolute atomic E-state index is 8.59. The Morgan fingerprint density at radius 1 is 1.67 bits per heavy atom. The third kappa shape index (κ3) is 1.70. The second-order valence-electron chi connectivity index (χ2n) is 1.70. The Hall–Kier alpha value is -0.530. The second kappa shape index (κ2) is 2.85. The van der Waals surface area contributed by atoms with E-state index in [1.807, 2.05) is 0 Å². The summed E-state index contributed by atoms with van der Waals surface area (Å²) in [7, 11) is 0. The summed E-state index contributed by atoms with van der Waals surface area (Å²) in [5.74, 6) is 0. The normalized spacial score (nSPS) is 9.56. The predicted octanol–water partition coefficient (Wildman–Crippen LogP) is 1.63. The van der Waals surface area contributed by atoms with Crippen LogP contribution in [0.15, 0.2) is 18.2 Å². The van der Waals surface area contributed by atoms with E-state index in [1.165, 1.54) is 0 Å². The highest BCUT2D eigenvalue weighted by molar-refractivity contribution is 6.30. The Bertz CT molecular complexity index is 198. The molecule has 2 heteroatoms. The van der Waals surface area contributed by atoms with Crippen molar-refractivity contribution < 1.29 is 5.11 Å². The summed E-state index contributed by atoms with van der Waals surface area (Å²) in [5.41, 5.74) is 0.818. The van der Waals surface area contributed by atoms with E-state index in [2.05, 4.69) is 6.07 Å². The fourth-order valence-corrected chi connectivity index (χ4v) is 0.782. The average molecular weight is 142 g/mol. The molecule has 0 aliphatic rings.